The molecule has 0 saturated heterocycles. The minimum Gasteiger partial charge on any atom is -0.492 e. The lowest BCUT2D eigenvalue weighted by molar-refractivity contribution is 0.309. The number of ether oxygens (including phenoxy) is 1. The van der Waals surface area contributed by atoms with Gasteiger partial charge in [0.1, 0.15) is 12.4 Å². The van der Waals surface area contributed by atoms with Gasteiger partial charge in [0, 0.05) is 11.0 Å². The summed E-state index contributed by atoms with van der Waals surface area (Å²) in [6, 6.07) is 6.24. The average Bonchev–Trinajstić information content (AvgIpc) is 2.39. The normalized spacial score (nSPS) is 11.0. The Labute approximate surface area is 126 Å². The molecular formula is C16H26BrNO. The molecule has 0 fully saturated rings. The van der Waals surface area contributed by atoms with Gasteiger partial charge in [-0.3, -0.25) is 0 Å². The minimum absolute atomic E-state index is 0.477. The molecule has 0 heterocycles. The first-order valence-corrected chi connectivity index (χ1v) is 8.07. The van der Waals surface area contributed by atoms with Crippen molar-refractivity contribution < 1.29 is 4.74 Å². The molecular weight excluding hydrogens is 302 g/mol. The molecule has 0 aliphatic rings. The molecule has 0 aliphatic carbocycles. The van der Waals surface area contributed by atoms with Gasteiger partial charge in [0.2, 0.25) is 0 Å². The fourth-order valence-electron chi connectivity index (χ4n) is 1.96. The zero-order valence-electron chi connectivity index (χ0n) is 12.3. The van der Waals surface area contributed by atoms with Gasteiger partial charge in [-0.2, -0.15) is 0 Å². The van der Waals surface area contributed by atoms with Gasteiger partial charge in [0.15, 0.2) is 0 Å². The van der Waals surface area contributed by atoms with Crippen LogP contribution in [0, 0.1) is 0 Å². The van der Waals surface area contributed by atoms with Gasteiger partial charge in [0.25, 0.3) is 0 Å². The van der Waals surface area contributed by atoms with Gasteiger partial charge in [-0.05, 0) is 42.6 Å². The van der Waals surface area contributed by atoms with Gasteiger partial charge in [-0.15, -0.1) is 0 Å². The second-order valence-corrected chi connectivity index (χ2v) is 6.06. The van der Waals surface area contributed by atoms with Gasteiger partial charge < -0.3 is 10.1 Å². The molecule has 108 valence electrons. The number of halogens is 1. The predicted octanol–water partition coefficient (Wildman–Crippen LogP) is 4.73. The summed E-state index contributed by atoms with van der Waals surface area (Å²) < 4.78 is 6.99. The SMILES string of the molecule is CCCCCNCCOc1ccc(Br)cc1C(C)C. The monoisotopic (exact) mass is 327 g/mol. The van der Waals surface area contributed by atoms with Crippen molar-refractivity contribution in [2.24, 2.45) is 0 Å². The molecule has 0 atom stereocenters. The number of unbranched alkanes of at least 4 members (excludes halogenated alkanes) is 2. The summed E-state index contributed by atoms with van der Waals surface area (Å²) >= 11 is 3.51. The number of nitrogens with one attached hydrogen (secondary N) is 1. The second kappa shape index (κ2) is 9.38. The molecule has 0 saturated carbocycles. The third-order valence-electron chi connectivity index (χ3n) is 3.09. The molecule has 1 N–H and O–H groups in total. The van der Waals surface area contributed by atoms with Crippen LogP contribution >= 0.6 is 15.9 Å². The summed E-state index contributed by atoms with van der Waals surface area (Å²) in [6.07, 6.45) is 3.83. The van der Waals surface area contributed by atoms with E-state index < -0.39 is 0 Å². The van der Waals surface area contributed by atoms with E-state index in [1.54, 1.807) is 0 Å². The van der Waals surface area contributed by atoms with E-state index in [1.165, 1.54) is 24.8 Å². The third kappa shape index (κ3) is 6.44. The van der Waals surface area contributed by atoms with Crippen molar-refractivity contribution in [2.75, 3.05) is 19.7 Å². The first-order valence-electron chi connectivity index (χ1n) is 7.28. The Balaban J connectivity index is 2.33. The average molecular weight is 328 g/mol. The lowest BCUT2D eigenvalue weighted by Gasteiger charge is -2.14. The van der Waals surface area contributed by atoms with E-state index in [-0.39, 0.29) is 0 Å². The zero-order valence-corrected chi connectivity index (χ0v) is 13.9. The molecule has 3 heteroatoms. The first-order chi connectivity index (χ1) is 9.15. The van der Waals surface area contributed by atoms with Crippen LogP contribution in [-0.2, 0) is 0 Å². The summed E-state index contributed by atoms with van der Waals surface area (Å²) in [5.41, 5.74) is 1.26. The van der Waals surface area contributed by atoms with Crippen molar-refractivity contribution >= 4 is 15.9 Å². The topological polar surface area (TPSA) is 21.3 Å². The lowest BCUT2D eigenvalue weighted by atomic mass is 10.0. The molecule has 0 aromatic heterocycles. The summed E-state index contributed by atoms with van der Waals surface area (Å²) in [6.45, 7) is 9.35. The summed E-state index contributed by atoms with van der Waals surface area (Å²) in [7, 11) is 0. The van der Waals surface area contributed by atoms with Gasteiger partial charge in [-0.25, -0.2) is 0 Å². The first kappa shape index (κ1) is 16.5. The number of rotatable bonds is 9. The summed E-state index contributed by atoms with van der Waals surface area (Å²) in [5, 5.41) is 3.42. The minimum atomic E-state index is 0.477. The van der Waals surface area contributed by atoms with Crippen molar-refractivity contribution in [1.82, 2.24) is 5.32 Å². The highest BCUT2D eigenvalue weighted by atomic mass is 79.9. The van der Waals surface area contributed by atoms with E-state index in [2.05, 4.69) is 54.2 Å². The Hall–Kier alpha value is -0.540. The van der Waals surface area contributed by atoms with Gasteiger partial charge in [-0.1, -0.05) is 49.5 Å². The molecule has 0 amide bonds. The van der Waals surface area contributed by atoms with E-state index in [4.69, 9.17) is 4.74 Å². The Morgan fingerprint density at radius 3 is 2.68 bits per heavy atom. The highest BCUT2D eigenvalue weighted by Gasteiger charge is 2.08. The molecule has 0 unspecified atom stereocenters. The summed E-state index contributed by atoms with van der Waals surface area (Å²) in [5.74, 6) is 1.48. The van der Waals surface area contributed by atoms with E-state index in [9.17, 15) is 0 Å². The maximum Gasteiger partial charge on any atom is 0.122 e. The molecule has 19 heavy (non-hydrogen) atoms. The van der Waals surface area contributed by atoms with E-state index in [1.807, 2.05) is 6.07 Å². The van der Waals surface area contributed by atoms with Crippen LogP contribution in [0.15, 0.2) is 22.7 Å². The van der Waals surface area contributed by atoms with Crippen LogP contribution in [0.5, 0.6) is 5.75 Å². The summed E-state index contributed by atoms with van der Waals surface area (Å²) in [4.78, 5) is 0. The Bertz CT molecular complexity index is 366. The van der Waals surface area contributed by atoms with Crippen molar-refractivity contribution in [3.05, 3.63) is 28.2 Å². The molecule has 2 nitrogen and oxygen atoms in total. The van der Waals surface area contributed by atoms with Gasteiger partial charge in [0.05, 0.1) is 0 Å². The smallest absolute Gasteiger partial charge is 0.122 e. The predicted molar refractivity (Wildman–Crippen MR) is 86.1 cm³/mol. The highest BCUT2D eigenvalue weighted by Crippen LogP contribution is 2.29. The molecule has 0 spiro atoms. The molecule has 1 aromatic carbocycles. The van der Waals surface area contributed by atoms with E-state index in [0.29, 0.717) is 5.92 Å². The largest absolute Gasteiger partial charge is 0.492 e. The Morgan fingerprint density at radius 1 is 1.21 bits per heavy atom. The lowest BCUT2D eigenvalue weighted by Crippen LogP contribution is -2.22. The number of benzene rings is 1. The third-order valence-corrected chi connectivity index (χ3v) is 3.58. The fourth-order valence-corrected chi connectivity index (χ4v) is 2.34. The number of hydrogen-bond donors (Lipinski definition) is 1. The maximum absolute atomic E-state index is 5.88. The van der Waals surface area contributed by atoms with Crippen molar-refractivity contribution in [3.8, 4) is 5.75 Å². The van der Waals surface area contributed by atoms with Crippen LogP contribution in [-0.4, -0.2) is 19.7 Å². The Morgan fingerprint density at radius 2 is 2.00 bits per heavy atom. The fraction of sp³-hybridized carbons (Fsp3) is 0.625. The molecule has 0 aliphatic heterocycles. The second-order valence-electron chi connectivity index (χ2n) is 5.14. The van der Waals surface area contributed by atoms with Crippen LogP contribution in [0.2, 0.25) is 0 Å². The van der Waals surface area contributed by atoms with E-state index >= 15 is 0 Å². The molecule has 1 rings (SSSR count). The molecule has 0 bridgehead atoms. The molecule has 0 radical (unpaired) electrons. The zero-order chi connectivity index (χ0) is 14.1. The van der Waals surface area contributed by atoms with Crippen molar-refractivity contribution in [3.63, 3.8) is 0 Å². The molecule has 1 aromatic rings. The van der Waals surface area contributed by atoms with Crippen molar-refractivity contribution in [1.29, 1.82) is 0 Å². The quantitative estimate of drug-likeness (QED) is 0.662. The van der Waals surface area contributed by atoms with Crippen LogP contribution in [0.1, 0.15) is 51.5 Å². The maximum atomic E-state index is 5.88. The Kier molecular flexibility index (Phi) is 8.15. The van der Waals surface area contributed by atoms with Crippen molar-refractivity contribution in [2.45, 2.75) is 46.0 Å². The van der Waals surface area contributed by atoms with Crippen LogP contribution in [0.3, 0.4) is 0 Å². The number of hydrogen-bond acceptors (Lipinski definition) is 2. The van der Waals surface area contributed by atoms with Crippen LogP contribution in [0.25, 0.3) is 0 Å². The van der Waals surface area contributed by atoms with E-state index in [0.717, 1.165) is 29.9 Å². The highest BCUT2D eigenvalue weighted by molar-refractivity contribution is 9.10. The standard InChI is InChI=1S/C16H26BrNO/c1-4-5-6-9-18-10-11-19-16-8-7-14(17)12-15(16)13(2)3/h7-8,12-13,18H,4-6,9-11H2,1-3H3. The van der Waals surface area contributed by atoms with Crippen LogP contribution < -0.4 is 10.1 Å². The van der Waals surface area contributed by atoms with Crippen LogP contribution in [0.4, 0.5) is 0 Å². The van der Waals surface area contributed by atoms with Gasteiger partial charge >= 0.3 is 0 Å².